The lowest BCUT2D eigenvalue weighted by atomic mass is 9.98. The second kappa shape index (κ2) is 6.89. The van der Waals surface area contributed by atoms with Crippen LogP contribution < -0.4 is 20.5 Å². The van der Waals surface area contributed by atoms with E-state index < -0.39 is 16.4 Å². The molecule has 0 aliphatic carbocycles. The second-order valence-corrected chi connectivity index (χ2v) is 4.64. The summed E-state index contributed by atoms with van der Waals surface area (Å²) in [5, 5.41) is 13.8. The molecule has 1 rings (SSSR count). The Bertz CT molecular complexity index is 535. The molecular weight excluding hydrogens is 278 g/mol. The van der Waals surface area contributed by atoms with Gasteiger partial charge in [0.05, 0.1) is 30.2 Å². The average molecular weight is 297 g/mol. The smallest absolute Gasteiger partial charge is 0.314 e. The van der Waals surface area contributed by atoms with Gasteiger partial charge in [0.25, 0.3) is 0 Å². The Morgan fingerprint density at radius 3 is 2.67 bits per heavy atom. The first-order valence-electron chi connectivity index (χ1n) is 6.28. The zero-order valence-electron chi connectivity index (χ0n) is 12.2. The van der Waals surface area contributed by atoms with E-state index in [0.717, 1.165) is 0 Å². The molecule has 1 aromatic rings. The maximum atomic E-state index is 11.3. The van der Waals surface area contributed by atoms with Crippen LogP contribution in [0.2, 0.25) is 0 Å². The molecule has 8 nitrogen and oxygen atoms in total. The normalized spacial score (nSPS) is 13.3. The molecule has 0 spiro atoms. The summed E-state index contributed by atoms with van der Waals surface area (Å²) in [6.45, 7) is 1.74. The number of nitro benzene ring substituents is 1. The molecule has 1 amide bonds. The number of primary amides is 1. The van der Waals surface area contributed by atoms with Gasteiger partial charge in [-0.3, -0.25) is 14.9 Å². The van der Waals surface area contributed by atoms with Crippen molar-refractivity contribution in [1.29, 1.82) is 0 Å². The molecular formula is C13H19N3O5. The van der Waals surface area contributed by atoms with Crippen LogP contribution >= 0.6 is 0 Å². The van der Waals surface area contributed by atoms with E-state index >= 15 is 0 Å². The predicted octanol–water partition coefficient (Wildman–Crippen LogP) is 0.836. The fourth-order valence-electron chi connectivity index (χ4n) is 1.63. The van der Waals surface area contributed by atoms with Crippen LogP contribution in [0.25, 0.3) is 0 Å². The Balaban J connectivity index is 2.80. The van der Waals surface area contributed by atoms with Gasteiger partial charge in [-0.1, -0.05) is 0 Å². The fourth-order valence-corrected chi connectivity index (χ4v) is 1.63. The van der Waals surface area contributed by atoms with Gasteiger partial charge in [-0.05, 0) is 26.1 Å². The molecule has 0 aliphatic heterocycles. The van der Waals surface area contributed by atoms with Crippen LogP contribution in [-0.4, -0.2) is 37.1 Å². The summed E-state index contributed by atoms with van der Waals surface area (Å²) in [4.78, 5) is 21.8. The third kappa shape index (κ3) is 4.06. The number of likely N-dealkylation sites (N-methyl/N-ethyl adjacent to an activating group) is 1. The molecule has 1 aromatic carbocycles. The zero-order valence-corrected chi connectivity index (χ0v) is 12.2. The van der Waals surface area contributed by atoms with Gasteiger partial charge in [-0.15, -0.1) is 0 Å². The van der Waals surface area contributed by atoms with E-state index in [4.69, 9.17) is 15.2 Å². The lowest BCUT2D eigenvalue weighted by molar-refractivity contribution is -0.385. The van der Waals surface area contributed by atoms with Crippen LogP contribution in [0.4, 0.5) is 5.69 Å². The first-order valence-corrected chi connectivity index (χ1v) is 6.28. The highest BCUT2D eigenvalue weighted by Gasteiger charge is 2.29. The van der Waals surface area contributed by atoms with Crippen LogP contribution in [0.3, 0.4) is 0 Å². The number of hydrogen-bond acceptors (Lipinski definition) is 6. The van der Waals surface area contributed by atoms with Crippen molar-refractivity contribution in [3.63, 3.8) is 0 Å². The van der Waals surface area contributed by atoms with E-state index in [1.807, 2.05) is 0 Å². The minimum absolute atomic E-state index is 0.105. The number of methoxy groups -OCH3 is 1. The summed E-state index contributed by atoms with van der Waals surface area (Å²) < 4.78 is 10.3. The quantitative estimate of drug-likeness (QED) is 0.542. The third-order valence-corrected chi connectivity index (χ3v) is 3.32. The molecule has 0 fully saturated rings. The van der Waals surface area contributed by atoms with Crippen molar-refractivity contribution in [3.05, 3.63) is 28.3 Å². The number of nitro groups is 1. The molecule has 1 unspecified atom stereocenters. The van der Waals surface area contributed by atoms with Crippen LogP contribution in [0.5, 0.6) is 11.5 Å². The van der Waals surface area contributed by atoms with E-state index in [2.05, 4.69) is 5.32 Å². The number of amides is 1. The number of hydrogen-bond donors (Lipinski definition) is 2. The second-order valence-electron chi connectivity index (χ2n) is 4.64. The number of nitrogens with zero attached hydrogens (tertiary/aromatic N) is 1. The third-order valence-electron chi connectivity index (χ3n) is 3.32. The molecule has 0 aromatic heterocycles. The molecule has 3 N–H and O–H groups in total. The summed E-state index contributed by atoms with van der Waals surface area (Å²) in [6, 6.07) is 4.30. The van der Waals surface area contributed by atoms with Gasteiger partial charge in [0.1, 0.15) is 5.75 Å². The van der Waals surface area contributed by atoms with E-state index in [1.165, 1.54) is 19.2 Å². The van der Waals surface area contributed by atoms with Gasteiger partial charge in [-0.25, -0.2) is 0 Å². The Kier molecular flexibility index (Phi) is 5.48. The molecule has 0 radical (unpaired) electrons. The van der Waals surface area contributed by atoms with Gasteiger partial charge in [0.15, 0.2) is 5.75 Å². The number of ether oxygens (including phenoxy) is 2. The largest absolute Gasteiger partial charge is 0.496 e. The summed E-state index contributed by atoms with van der Waals surface area (Å²) in [6.07, 6.45) is 0.280. The van der Waals surface area contributed by atoms with Crippen molar-refractivity contribution >= 4 is 11.6 Å². The Labute approximate surface area is 122 Å². The molecule has 8 heteroatoms. The van der Waals surface area contributed by atoms with Crippen molar-refractivity contribution in [2.75, 3.05) is 20.8 Å². The van der Waals surface area contributed by atoms with E-state index in [1.54, 1.807) is 20.0 Å². The molecule has 0 saturated heterocycles. The summed E-state index contributed by atoms with van der Waals surface area (Å²) >= 11 is 0. The van der Waals surface area contributed by atoms with Crippen molar-refractivity contribution in [2.45, 2.75) is 18.9 Å². The standard InChI is InChI=1S/C13H19N3O5/c1-13(15-2,12(14)17)6-7-21-11-5-4-9(20-3)8-10(11)16(18)19/h4-5,8,15H,6-7H2,1-3H3,(H2,14,17). The minimum atomic E-state index is -0.929. The number of nitrogens with one attached hydrogen (secondary N) is 1. The summed E-state index contributed by atoms with van der Waals surface area (Å²) in [5.41, 5.74) is 4.17. The van der Waals surface area contributed by atoms with Crippen LogP contribution in [0.15, 0.2) is 18.2 Å². The Morgan fingerprint density at radius 2 is 2.19 bits per heavy atom. The lowest BCUT2D eigenvalue weighted by Gasteiger charge is -2.25. The predicted molar refractivity (Wildman–Crippen MR) is 76.4 cm³/mol. The van der Waals surface area contributed by atoms with E-state index in [0.29, 0.717) is 5.75 Å². The minimum Gasteiger partial charge on any atom is -0.496 e. The Morgan fingerprint density at radius 1 is 1.52 bits per heavy atom. The molecule has 1 atom stereocenters. The monoisotopic (exact) mass is 297 g/mol. The number of carbonyl (C=O) groups excluding carboxylic acids is 1. The van der Waals surface area contributed by atoms with Gasteiger partial charge in [-0.2, -0.15) is 0 Å². The Hall–Kier alpha value is -2.35. The zero-order chi connectivity index (χ0) is 16.0. The maximum Gasteiger partial charge on any atom is 0.314 e. The van der Waals surface area contributed by atoms with Crippen molar-refractivity contribution in [3.8, 4) is 11.5 Å². The SMILES string of the molecule is CNC(C)(CCOc1ccc(OC)cc1[N+](=O)[O-])C(N)=O. The van der Waals surface area contributed by atoms with Crippen LogP contribution in [-0.2, 0) is 4.79 Å². The maximum absolute atomic E-state index is 11.3. The molecule has 21 heavy (non-hydrogen) atoms. The number of benzene rings is 1. The highest BCUT2D eigenvalue weighted by atomic mass is 16.6. The molecule has 0 bridgehead atoms. The molecule has 0 heterocycles. The first kappa shape index (κ1) is 16.7. The van der Waals surface area contributed by atoms with Gasteiger partial charge in [0.2, 0.25) is 5.91 Å². The fraction of sp³-hybridized carbons (Fsp3) is 0.462. The lowest BCUT2D eigenvalue weighted by Crippen LogP contribution is -2.52. The molecule has 116 valence electrons. The first-order chi connectivity index (χ1) is 9.84. The average Bonchev–Trinajstić information content (AvgIpc) is 2.46. The van der Waals surface area contributed by atoms with Crippen LogP contribution in [0.1, 0.15) is 13.3 Å². The van der Waals surface area contributed by atoms with Crippen molar-refractivity contribution in [1.82, 2.24) is 5.32 Å². The molecule has 0 saturated carbocycles. The van der Waals surface area contributed by atoms with Crippen molar-refractivity contribution in [2.24, 2.45) is 5.73 Å². The molecule has 0 aliphatic rings. The highest BCUT2D eigenvalue weighted by molar-refractivity contribution is 5.84. The van der Waals surface area contributed by atoms with Crippen molar-refractivity contribution < 1.29 is 19.2 Å². The van der Waals surface area contributed by atoms with Gasteiger partial charge < -0.3 is 20.5 Å². The van der Waals surface area contributed by atoms with Gasteiger partial charge in [0, 0.05) is 6.42 Å². The summed E-state index contributed by atoms with van der Waals surface area (Å²) in [7, 11) is 3.03. The van der Waals surface area contributed by atoms with E-state index in [9.17, 15) is 14.9 Å². The van der Waals surface area contributed by atoms with Crippen LogP contribution in [0, 0.1) is 10.1 Å². The van der Waals surface area contributed by atoms with E-state index in [-0.39, 0.29) is 24.5 Å². The number of nitrogens with two attached hydrogens (primary N) is 1. The van der Waals surface area contributed by atoms with Gasteiger partial charge >= 0.3 is 5.69 Å². The number of rotatable bonds is 8. The topological polar surface area (TPSA) is 117 Å². The summed E-state index contributed by atoms with van der Waals surface area (Å²) in [5.74, 6) is -0.0344. The highest BCUT2D eigenvalue weighted by Crippen LogP contribution is 2.31. The number of carbonyl (C=O) groups is 1.